The third kappa shape index (κ3) is 4.34. The average molecular weight is 350 g/mol. The highest BCUT2D eigenvalue weighted by Crippen LogP contribution is 2.24. The predicted octanol–water partition coefficient (Wildman–Crippen LogP) is 5.04. The van der Waals surface area contributed by atoms with E-state index in [2.05, 4.69) is 48.6 Å². The Morgan fingerprint density at radius 1 is 1.00 bits per heavy atom. The normalized spacial score (nSPS) is 11.3. The molecule has 0 aliphatic heterocycles. The van der Waals surface area contributed by atoms with Crippen molar-refractivity contribution in [1.82, 2.24) is 10.3 Å². The first-order valence-electron chi connectivity index (χ1n) is 8.32. The van der Waals surface area contributed by atoms with Crippen LogP contribution >= 0.6 is 11.3 Å². The van der Waals surface area contributed by atoms with Gasteiger partial charge in [-0.1, -0.05) is 63.2 Å². The van der Waals surface area contributed by atoms with Gasteiger partial charge in [0.05, 0.1) is 12.2 Å². The molecule has 0 aliphatic rings. The van der Waals surface area contributed by atoms with E-state index in [1.807, 2.05) is 42.5 Å². The molecule has 2 aromatic carbocycles. The molecule has 1 N–H and O–H groups in total. The van der Waals surface area contributed by atoms with Crippen LogP contribution in [0.1, 0.15) is 41.8 Å². The van der Waals surface area contributed by atoms with E-state index < -0.39 is 0 Å². The van der Waals surface area contributed by atoms with E-state index in [0.717, 1.165) is 21.8 Å². The molecule has 0 bridgehead atoms. The number of rotatable bonds is 4. The van der Waals surface area contributed by atoms with Crippen LogP contribution in [0.4, 0.5) is 0 Å². The van der Waals surface area contributed by atoms with Crippen molar-refractivity contribution >= 4 is 17.2 Å². The zero-order chi connectivity index (χ0) is 17.9. The van der Waals surface area contributed by atoms with E-state index in [1.54, 1.807) is 11.3 Å². The van der Waals surface area contributed by atoms with Crippen LogP contribution in [0.15, 0.2) is 60.0 Å². The Hall–Kier alpha value is -2.46. The highest BCUT2D eigenvalue weighted by atomic mass is 32.1. The molecule has 3 rings (SSSR count). The molecular weight excluding hydrogens is 328 g/mol. The Balaban J connectivity index is 1.63. The van der Waals surface area contributed by atoms with Gasteiger partial charge in [-0.05, 0) is 23.3 Å². The van der Waals surface area contributed by atoms with Gasteiger partial charge in [-0.3, -0.25) is 4.79 Å². The van der Waals surface area contributed by atoms with Crippen LogP contribution in [0.25, 0.3) is 11.1 Å². The number of carbonyl (C=O) groups excluding carboxylic acids is 1. The zero-order valence-corrected chi connectivity index (χ0v) is 15.6. The fourth-order valence-corrected chi connectivity index (χ4v) is 3.40. The van der Waals surface area contributed by atoms with Gasteiger partial charge in [-0.15, -0.1) is 11.3 Å². The smallest absolute Gasteiger partial charge is 0.251 e. The second-order valence-electron chi connectivity index (χ2n) is 7.00. The molecule has 1 heterocycles. The minimum atomic E-state index is -0.0767. The zero-order valence-electron chi connectivity index (χ0n) is 14.7. The molecule has 0 fully saturated rings. The van der Waals surface area contributed by atoms with Crippen molar-refractivity contribution in [3.8, 4) is 11.1 Å². The number of thiazole rings is 1. The molecule has 1 amide bonds. The van der Waals surface area contributed by atoms with Gasteiger partial charge < -0.3 is 5.32 Å². The molecule has 0 unspecified atom stereocenters. The van der Waals surface area contributed by atoms with E-state index in [4.69, 9.17) is 0 Å². The predicted molar refractivity (Wildman–Crippen MR) is 104 cm³/mol. The molecular formula is C21H22N2OS. The molecule has 0 radical (unpaired) electrons. The summed E-state index contributed by atoms with van der Waals surface area (Å²) in [6.07, 6.45) is 0. The molecule has 4 heteroatoms. The summed E-state index contributed by atoms with van der Waals surface area (Å²) in [7, 11) is 0. The lowest BCUT2D eigenvalue weighted by Crippen LogP contribution is -2.22. The van der Waals surface area contributed by atoms with Gasteiger partial charge in [0.2, 0.25) is 0 Å². The van der Waals surface area contributed by atoms with Crippen molar-refractivity contribution in [2.75, 3.05) is 0 Å². The van der Waals surface area contributed by atoms with Gasteiger partial charge in [0.25, 0.3) is 5.91 Å². The molecule has 0 saturated carbocycles. The summed E-state index contributed by atoms with van der Waals surface area (Å²) in [4.78, 5) is 16.9. The number of aromatic nitrogens is 1. The number of nitrogens with one attached hydrogen (secondary N) is 1. The monoisotopic (exact) mass is 350 g/mol. The number of carbonyl (C=O) groups is 1. The summed E-state index contributed by atoms with van der Waals surface area (Å²) in [6.45, 7) is 6.87. The molecule has 0 aliphatic carbocycles. The average Bonchev–Trinajstić information content (AvgIpc) is 3.10. The van der Waals surface area contributed by atoms with Gasteiger partial charge in [-0.25, -0.2) is 4.98 Å². The number of benzene rings is 2. The van der Waals surface area contributed by atoms with Gasteiger partial charge in [0.15, 0.2) is 0 Å². The molecule has 1 aromatic heterocycles. The van der Waals surface area contributed by atoms with Gasteiger partial charge >= 0.3 is 0 Å². The van der Waals surface area contributed by atoms with Crippen LogP contribution in [0.5, 0.6) is 0 Å². The highest BCUT2D eigenvalue weighted by Gasteiger charge is 2.17. The van der Waals surface area contributed by atoms with Crippen molar-refractivity contribution in [1.29, 1.82) is 0 Å². The SMILES string of the molecule is CC(C)(C)c1csc(CNC(=O)c2ccc(-c3ccccc3)cc2)n1. The number of hydrogen-bond donors (Lipinski definition) is 1. The highest BCUT2D eigenvalue weighted by molar-refractivity contribution is 7.09. The van der Waals surface area contributed by atoms with Crippen molar-refractivity contribution in [3.05, 3.63) is 76.2 Å². The minimum absolute atomic E-state index is 0.0338. The van der Waals surface area contributed by atoms with Crippen molar-refractivity contribution < 1.29 is 4.79 Å². The quantitative estimate of drug-likeness (QED) is 0.716. The van der Waals surface area contributed by atoms with Crippen LogP contribution in [0, 0.1) is 0 Å². The third-order valence-electron chi connectivity index (χ3n) is 3.97. The van der Waals surface area contributed by atoms with E-state index in [9.17, 15) is 4.79 Å². The fraction of sp³-hybridized carbons (Fsp3) is 0.238. The standard InChI is InChI=1S/C21H22N2OS/c1-21(2,3)18-14-25-19(23-18)13-22-20(24)17-11-9-16(10-12-17)15-7-5-4-6-8-15/h4-12,14H,13H2,1-3H3,(H,22,24). The Labute approximate surface area is 152 Å². The van der Waals surface area contributed by atoms with Crippen LogP contribution < -0.4 is 5.32 Å². The lowest BCUT2D eigenvalue weighted by molar-refractivity contribution is 0.0951. The topological polar surface area (TPSA) is 42.0 Å². The van der Waals surface area contributed by atoms with Crippen LogP contribution in [-0.4, -0.2) is 10.9 Å². The second-order valence-corrected chi connectivity index (χ2v) is 7.95. The molecule has 0 spiro atoms. The summed E-state index contributed by atoms with van der Waals surface area (Å²) in [5.41, 5.74) is 4.01. The Morgan fingerprint density at radius 3 is 2.24 bits per heavy atom. The van der Waals surface area contributed by atoms with Crippen LogP contribution in [0.2, 0.25) is 0 Å². The summed E-state index contributed by atoms with van der Waals surface area (Å²) in [6, 6.07) is 17.8. The summed E-state index contributed by atoms with van der Waals surface area (Å²) >= 11 is 1.59. The van der Waals surface area contributed by atoms with Crippen LogP contribution in [-0.2, 0) is 12.0 Å². The molecule has 3 nitrogen and oxygen atoms in total. The molecule has 0 saturated heterocycles. The Bertz CT molecular complexity index is 846. The van der Waals surface area contributed by atoms with E-state index in [0.29, 0.717) is 12.1 Å². The number of hydrogen-bond acceptors (Lipinski definition) is 3. The van der Waals surface area contributed by atoms with Gasteiger partial charge in [0, 0.05) is 16.4 Å². The lowest BCUT2D eigenvalue weighted by Gasteiger charge is -2.14. The summed E-state index contributed by atoms with van der Waals surface area (Å²) < 4.78 is 0. The summed E-state index contributed by atoms with van der Waals surface area (Å²) in [5, 5.41) is 5.94. The fourth-order valence-electron chi connectivity index (χ4n) is 2.44. The maximum Gasteiger partial charge on any atom is 0.251 e. The Morgan fingerprint density at radius 2 is 1.64 bits per heavy atom. The van der Waals surface area contributed by atoms with Crippen molar-refractivity contribution in [2.45, 2.75) is 32.7 Å². The van der Waals surface area contributed by atoms with E-state index in [1.165, 1.54) is 0 Å². The summed E-state index contributed by atoms with van der Waals surface area (Å²) in [5.74, 6) is -0.0767. The van der Waals surface area contributed by atoms with Gasteiger partial charge in [-0.2, -0.15) is 0 Å². The maximum atomic E-state index is 12.3. The van der Waals surface area contributed by atoms with E-state index >= 15 is 0 Å². The van der Waals surface area contributed by atoms with Gasteiger partial charge in [0.1, 0.15) is 5.01 Å². The van der Waals surface area contributed by atoms with Crippen molar-refractivity contribution in [2.24, 2.45) is 0 Å². The first-order valence-corrected chi connectivity index (χ1v) is 9.20. The Kier molecular flexibility index (Phi) is 5.00. The molecule has 25 heavy (non-hydrogen) atoms. The van der Waals surface area contributed by atoms with Crippen LogP contribution in [0.3, 0.4) is 0 Å². The lowest BCUT2D eigenvalue weighted by atomic mass is 9.93. The third-order valence-corrected chi connectivity index (χ3v) is 4.82. The first kappa shape index (κ1) is 17.4. The number of amides is 1. The minimum Gasteiger partial charge on any atom is -0.346 e. The molecule has 3 aromatic rings. The first-order chi connectivity index (χ1) is 11.9. The molecule has 128 valence electrons. The second kappa shape index (κ2) is 7.19. The number of nitrogens with zero attached hydrogens (tertiary/aromatic N) is 1. The largest absolute Gasteiger partial charge is 0.346 e. The maximum absolute atomic E-state index is 12.3. The van der Waals surface area contributed by atoms with Crippen molar-refractivity contribution in [3.63, 3.8) is 0 Å². The molecule has 0 atom stereocenters. The van der Waals surface area contributed by atoms with E-state index in [-0.39, 0.29) is 11.3 Å².